The van der Waals surface area contributed by atoms with Gasteiger partial charge in [-0.1, -0.05) is 12.1 Å². The topological polar surface area (TPSA) is 41.9 Å². The van der Waals surface area contributed by atoms with Gasteiger partial charge in [-0.15, -0.1) is 12.4 Å². The summed E-state index contributed by atoms with van der Waals surface area (Å²) < 4.78 is 11.2. The van der Waals surface area contributed by atoms with E-state index in [1.165, 1.54) is 5.56 Å². The van der Waals surface area contributed by atoms with Crippen LogP contribution in [0.5, 0.6) is 5.75 Å². The smallest absolute Gasteiger partial charge is 0.119 e. The molecule has 1 N–H and O–H groups in total. The molecule has 4 nitrogen and oxygen atoms in total. The molecule has 1 aromatic rings. The first kappa shape index (κ1) is 16.2. The highest BCUT2D eigenvalue weighted by atomic mass is 35.5. The van der Waals surface area contributed by atoms with Gasteiger partial charge in [0.1, 0.15) is 5.75 Å². The Morgan fingerprint density at radius 2 is 2.11 bits per heavy atom. The van der Waals surface area contributed by atoms with E-state index in [1.54, 1.807) is 0 Å². The Labute approximate surface area is 120 Å². The molecule has 0 aromatic heterocycles. The van der Waals surface area contributed by atoms with Crippen LogP contribution < -0.4 is 4.74 Å². The van der Waals surface area contributed by atoms with Gasteiger partial charge in [0.05, 0.1) is 25.9 Å². The SMILES string of the molecule is CCOc1ccc(C2CN(CCO)CCO2)cc1.Cl. The summed E-state index contributed by atoms with van der Waals surface area (Å²) in [5.41, 5.74) is 1.17. The van der Waals surface area contributed by atoms with E-state index < -0.39 is 0 Å². The molecular weight excluding hydrogens is 266 g/mol. The minimum atomic E-state index is 0. The maximum atomic E-state index is 8.97. The molecule has 1 aliphatic heterocycles. The number of aliphatic hydroxyl groups is 1. The molecule has 1 heterocycles. The molecule has 0 radical (unpaired) electrons. The van der Waals surface area contributed by atoms with Gasteiger partial charge < -0.3 is 14.6 Å². The highest BCUT2D eigenvalue weighted by molar-refractivity contribution is 5.85. The predicted octanol–water partition coefficient (Wildman–Crippen LogP) is 1.87. The molecule has 108 valence electrons. The molecule has 1 fully saturated rings. The molecule has 0 saturated carbocycles. The first-order valence-corrected chi connectivity index (χ1v) is 6.51. The van der Waals surface area contributed by atoms with Crippen LogP contribution in [-0.4, -0.2) is 49.5 Å². The number of rotatable bonds is 5. The lowest BCUT2D eigenvalue weighted by molar-refractivity contribution is -0.0338. The lowest BCUT2D eigenvalue weighted by Gasteiger charge is -2.32. The molecule has 2 rings (SSSR count). The maximum absolute atomic E-state index is 8.97. The van der Waals surface area contributed by atoms with E-state index in [9.17, 15) is 0 Å². The van der Waals surface area contributed by atoms with E-state index in [-0.39, 0.29) is 25.1 Å². The Hall–Kier alpha value is -0.810. The largest absolute Gasteiger partial charge is 0.494 e. The van der Waals surface area contributed by atoms with Gasteiger partial charge in [0.15, 0.2) is 0 Å². The summed E-state index contributed by atoms with van der Waals surface area (Å²) in [7, 11) is 0. The van der Waals surface area contributed by atoms with Gasteiger partial charge in [0, 0.05) is 19.6 Å². The molecule has 1 unspecified atom stereocenters. The van der Waals surface area contributed by atoms with Crippen molar-refractivity contribution in [3.05, 3.63) is 29.8 Å². The van der Waals surface area contributed by atoms with Gasteiger partial charge in [-0.25, -0.2) is 0 Å². The first-order chi connectivity index (χ1) is 8.83. The Kier molecular flexibility index (Phi) is 7.16. The second-order valence-corrected chi connectivity index (χ2v) is 4.39. The average molecular weight is 288 g/mol. The third-order valence-electron chi connectivity index (χ3n) is 3.13. The highest BCUT2D eigenvalue weighted by Gasteiger charge is 2.21. The van der Waals surface area contributed by atoms with Gasteiger partial charge in [-0.3, -0.25) is 4.90 Å². The number of β-amino-alcohol motifs (C(OH)–C–C–N with tert-alkyl or cyclic N) is 1. The first-order valence-electron chi connectivity index (χ1n) is 6.51. The van der Waals surface area contributed by atoms with Crippen molar-refractivity contribution in [1.82, 2.24) is 4.90 Å². The molecule has 0 amide bonds. The third-order valence-corrected chi connectivity index (χ3v) is 3.13. The molecule has 1 aliphatic rings. The highest BCUT2D eigenvalue weighted by Crippen LogP contribution is 2.24. The van der Waals surface area contributed by atoms with Gasteiger partial charge in [-0.05, 0) is 24.6 Å². The summed E-state index contributed by atoms with van der Waals surface area (Å²) >= 11 is 0. The summed E-state index contributed by atoms with van der Waals surface area (Å²) in [4.78, 5) is 2.23. The molecule has 0 aliphatic carbocycles. The number of nitrogens with zero attached hydrogens (tertiary/aromatic N) is 1. The van der Waals surface area contributed by atoms with Gasteiger partial charge >= 0.3 is 0 Å². The molecule has 5 heteroatoms. The van der Waals surface area contributed by atoms with Crippen molar-refractivity contribution in [1.29, 1.82) is 0 Å². The Morgan fingerprint density at radius 1 is 1.37 bits per heavy atom. The van der Waals surface area contributed by atoms with Crippen molar-refractivity contribution in [3.63, 3.8) is 0 Å². The summed E-state index contributed by atoms with van der Waals surface area (Å²) in [6, 6.07) is 8.07. The van der Waals surface area contributed by atoms with Crippen LogP contribution in [0, 0.1) is 0 Å². The quantitative estimate of drug-likeness (QED) is 0.898. The number of benzene rings is 1. The summed E-state index contributed by atoms with van der Waals surface area (Å²) in [6.45, 7) is 6.04. The molecule has 1 saturated heterocycles. The van der Waals surface area contributed by atoms with Crippen molar-refractivity contribution in [2.45, 2.75) is 13.0 Å². The van der Waals surface area contributed by atoms with Crippen LogP contribution in [0.2, 0.25) is 0 Å². The molecule has 1 aromatic carbocycles. The van der Waals surface area contributed by atoms with Crippen molar-refractivity contribution in [2.24, 2.45) is 0 Å². The van der Waals surface area contributed by atoms with Gasteiger partial charge in [-0.2, -0.15) is 0 Å². The summed E-state index contributed by atoms with van der Waals surface area (Å²) in [6.07, 6.45) is 0.0981. The van der Waals surface area contributed by atoms with Crippen molar-refractivity contribution in [2.75, 3.05) is 39.5 Å². The number of halogens is 1. The minimum Gasteiger partial charge on any atom is -0.494 e. The van der Waals surface area contributed by atoms with Crippen LogP contribution in [0.25, 0.3) is 0 Å². The molecule has 0 spiro atoms. The average Bonchev–Trinajstić information content (AvgIpc) is 2.41. The van der Waals surface area contributed by atoms with Crippen LogP contribution in [0.1, 0.15) is 18.6 Å². The van der Waals surface area contributed by atoms with E-state index in [0.717, 1.165) is 32.0 Å². The number of hydrogen-bond acceptors (Lipinski definition) is 4. The lowest BCUT2D eigenvalue weighted by Crippen LogP contribution is -2.39. The van der Waals surface area contributed by atoms with Crippen LogP contribution in [0.15, 0.2) is 24.3 Å². The van der Waals surface area contributed by atoms with Crippen molar-refractivity contribution >= 4 is 12.4 Å². The second kappa shape index (κ2) is 8.38. The normalized spacial score (nSPS) is 19.8. The standard InChI is InChI=1S/C14H21NO3.ClH/c1-2-17-13-5-3-12(4-6-13)14-11-15(7-9-16)8-10-18-14;/h3-6,14,16H,2,7-11H2,1H3;1H. The number of aliphatic hydroxyl groups excluding tert-OH is 1. The van der Waals surface area contributed by atoms with E-state index >= 15 is 0 Å². The summed E-state index contributed by atoms with van der Waals surface area (Å²) in [5, 5.41) is 8.97. The lowest BCUT2D eigenvalue weighted by atomic mass is 10.1. The molecular formula is C14H22ClNO3. The van der Waals surface area contributed by atoms with E-state index in [2.05, 4.69) is 17.0 Å². The fraction of sp³-hybridized carbons (Fsp3) is 0.571. The predicted molar refractivity (Wildman–Crippen MR) is 77.1 cm³/mol. The van der Waals surface area contributed by atoms with Crippen LogP contribution >= 0.6 is 12.4 Å². The van der Waals surface area contributed by atoms with E-state index in [4.69, 9.17) is 14.6 Å². The number of hydrogen-bond donors (Lipinski definition) is 1. The Bertz CT molecular complexity index is 356. The summed E-state index contributed by atoms with van der Waals surface area (Å²) in [5.74, 6) is 0.893. The third kappa shape index (κ3) is 4.66. The minimum absolute atomic E-state index is 0. The zero-order valence-electron chi connectivity index (χ0n) is 11.2. The number of ether oxygens (including phenoxy) is 2. The molecule has 0 bridgehead atoms. The maximum Gasteiger partial charge on any atom is 0.119 e. The fourth-order valence-electron chi connectivity index (χ4n) is 2.19. The zero-order valence-corrected chi connectivity index (χ0v) is 12.1. The van der Waals surface area contributed by atoms with E-state index in [0.29, 0.717) is 6.61 Å². The Morgan fingerprint density at radius 3 is 2.74 bits per heavy atom. The Balaban J connectivity index is 0.00000180. The molecule has 1 atom stereocenters. The van der Waals surface area contributed by atoms with Crippen molar-refractivity contribution in [3.8, 4) is 5.75 Å². The van der Waals surface area contributed by atoms with Crippen LogP contribution in [0.4, 0.5) is 0 Å². The molecule has 19 heavy (non-hydrogen) atoms. The monoisotopic (exact) mass is 287 g/mol. The van der Waals surface area contributed by atoms with Crippen LogP contribution in [-0.2, 0) is 4.74 Å². The van der Waals surface area contributed by atoms with Crippen molar-refractivity contribution < 1.29 is 14.6 Å². The van der Waals surface area contributed by atoms with Gasteiger partial charge in [0.25, 0.3) is 0 Å². The van der Waals surface area contributed by atoms with E-state index in [1.807, 2.05) is 19.1 Å². The second-order valence-electron chi connectivity index (χ2n) is 4.39. The van der Waals surface area contributed by atoms with Gasteiger partial charge in [0.2, 0.25) is 0 Å². The zero-order chi connectivity index (χ0) is 12.8. The number of morpholine rings is 1. The van der Waals surface area contributed by atoms with Crippen LogP contribution in [0.3, 0.4) is 0 Å². The fourth-order valence-corrected chi connectivity index (χ4v) is 2.19.